The molecule has 1 aliphatic heterocycles. The SMILES string of the molecule is CC(C)N1C(=O)C(C)(C2CC2)NC(=O)c2ccccc21. The highest BCUT2D eigenvalue weighted by molar-refractivity contribution is 6.13. The van der Waals surface area contributed by atoms with Crippen molar-refractivity contribution < 1.29 is 9.59 Å². The van der Waals surface area contributed by atoms with E-state index in [1.165, 1.54) is 0 Å². The Kier molecular flexibility index (Phi) is 2.85. The molecule has 0 saturated heterocycles. The zero-order valence-corrected chi connectivity index (χ0v) is 12.1. The van der Waals surface area contributed by atoms with Crippen LogP contribution in [0.3, 0.4) is 0 Å². The number of fused-ring (bicyclic) bond motifs is 1. The van der Waals surface area contributed by atoms with Crippen LogP contribution >= 0.6 is 0 Å². The molecule has 2 aliphatic rings. The largest absolute Gasteiger partial charge is 0.338 e. The summed E-state index contributed by atoms with van der Waals surface area (Å²) >= 11 is 0. The molecule has 4 nitrogen and oxygen atoms in total. The number of nitrogens with zero attached hydrogens (tertiary/aromatic N) is 1. The molecule has 3 rings (SSSR count). The van der Waals surface area contributed by atoms with Gasteiger partial charge in [-0.2, -0.15) is 0 Å². The van der Waals surface area contributed by atoms with Crippen LogP contribution < -0.4 is 10.2 Å². The van der Waals surface area contributed by atoms with Crippen molar-refractivity contribution in [2.45, 2.75) is 45.2 Å². The van der Waals surface area contributed by atoms with Crippen molar-refractivity contribution in [3.8, 4) is 0 Å². The molecule has 4 heteroatoms. The molecule has 106 valence electrons. The van der Waals surface area contributed by atoms with Gasteiger partial charge in [0.15, 0.2) is 0 Å². The van der Waals surface area contributed by atoms with Crippen LogP contribution in [-0.4, -0.2) is 23.4 Å². The summed E-state index contributed by atoms with van der Waals surface area (Å²) < 4.78 is 0. The Bertz CT molecular complexity index is 578. The van der Waals surface area contributed by atoms with Crippen molar-refractivity contribution >= 4 is 17.5 Å². The molecule has 1 heterocycles. The molecule has 0 radical (unpaired) electrons. The van der Waals surface area contributed by atoms with Gasteiger partial charge in [0, 0.05) is 6.04 Å². The van der Waals surface area contributed by atoms with Crippen molar-refractivity contribution in [1.82, 2.24) is 5.32 Å². The van der Waals surface area contributed by atoms with Crippen LogP contribution in [-0.2, 0) is 4.79 Å². The van der Waals surface area contributed by atoms with Gasteiger partial charge in [0.05, 0.1) is 11.3 Å². The van der Waals surface area contributed by atoms with Crippen molar-refractivity contribution in [2.75, 3.05) is 4.90 Å². The van der Waals surface area contributed by atoms with Gasteiger partial charge >= 0.3 is 0 Å². The second-order valence-corrected chi connectivity index (χ2v) is 6.22. The molecule has 0 spiro atoms. The summed E-state index contributed by atoms with van der Waals surface area (Å²) in [5, 5.41) is 2.98. The standard InChI is InChI=1S/C16H20N2O2/c1-10(2)18-13-7-5-4-6-12(13)14(19)17-16(3,15(18)20)11-8-9-11/h4-7,10-11H,8-9H2,1-3H3,(H,17,19). The molecular formula is C16H20N2O2. The molecule has 1 saturated carbocycles. The van der Waals surface area contributed by atoms with E-state index >= 15 is 0 Å². The predicted octanol–water partition coefficient (Wildman–Crippen LogP) is 2.34. The zero-order valence-electron chi connectivity index (χ0n) is 12.1. The first kappa shape index (κ1) is 13.2. The van der Waals surface area contributed by atoms with Gasteiger partial charge in [-0.1, -0.05) is 12.1 Å². The summed E-state index contributed by atoms with van der Waals surface area (Å²) in [6.45, 7) is 5.84. The molecule has 0 bridgehead atoms. The molecule has 2 amide bonds. The minimum absolute atomic E-state index is 0.00769. The number of hydrogen-bond acceptors (Lipinski definition) is 2. The van der Waals surface area contributed by atoms with Crippen LogP contribution in [0.4, 0.5) is 5.69 Å². The summed E-state index contributed by atoms with van der Waals surface area (Å²) in [6.07, 6.45) is 2.01. The smallest absolute Gasteiger partial charge is 0.254 e. The fourth-order valence-electron chi connectivity index (χ4n) is 3.04. The summed E-state index contributed by atoms with van der Waals surface area (Å²) in [4.78, 5) is 27.3. The molecule has 1 N–H and O–H groups in total. The predicted molar refractivity (Wildman–Crippen MR) is 77.7 cm³/mol. The highest BCUT2D eigenvalue weighted by Gasteiger charge is 2.52. The second kappa shape index (κ2) is 4.33. The highest BCUT2D eigenvalue weighted by Crippen LogP contribution is 2.43. The third-order valence-electron chi connectivity index (χ3n) is 4.35. The van der Waals surface area contributed by atoms with E-state index in [0.29, 0.717) is 5.56 Å². The van der Waals surface area contributed by atoms with Crippen molar-refractivity contribution in [3.63, 3.8) is 0 Å². The Hall–Kier alpha value is -1.84. The van der Waals surface area contributed by atoms with Gasteiger partial charge in [0.1, 0.15) is 5.54 Å². The quantitative estimate of drug-likeness (QED) is 0.898. The molecular weight excluding hydrogens is 252 g/mol. The third-order valence-corrected chi connectivity index (χ3v) is 4.35. The maximum Gasteiger partial charge on any atom is 0.254 e. The van der Waals surface area contributed by atoms with E-state index in [2.05, 4.69) is 5.32 Å². The average molecular weight is 272 g/mol. The first-order valence-corrected chi connectivity index (χ1v) is 7.20. The van der Waals surface area contributed by atoms with E-state index in [0.717, 1.165) is 18.5 Å². The number of carbonyl (C=O) groups excluding carboxylic acids is 2. The van der Waals surface area contributed by atoms with E-state index in [9.17, 15) is 9.59 Å². The molecule has 0 aromatic heterocycles. The molecule has 1 aromatic carbocycles. The van der Waals surface area contributed by atoms with Gasteiger partial charge in [0.2, 0.25) is 0 Å². The van der Waals surface area contributed by atoms with E-state index in [-0.39, 0.29) is 23.8 Å². The molecule has 1 fully saturated rings. The van der Waals surface area contributed by atoms with Gasteiger partial charge in [-0.3, -0.25) is 9.59 Å². The van der Waals surface area contributed by atoms with Crippen molar-refractivity contribution in [2.24, 2.45) is 5.92 Å². The fraction of sp³-hybridized carbons (Fsp3) is 0.500. The lowest BCUT2D eigenvalue weighted by Crippen LogP contribution is -2.58. The Balaban J connectivity index is 2.16. The van der Waals surface area contributed by atoms with Crippen LogP contribution in [0.2, 0.25) is 0 Å². The minimum Gasteiger partial charge on any atom is -0.338 e. The number of rotatable bonds is 2. The number of carbonyl (C=O) groups is 2. The molecule has 1 aliphatic carbocycles. The number of hydrogen-bond donors (Lipinski definition) is 1. The second-order valence-electron chi connectivity index (χ2n) is 6.22. The maximum absolute atomic E-state index is 13.0. The number of amides is 2. The summed E-state index contributed by atoms with van der Waals surface area (Å²) in [6, 6.07) is 7.36. The first-order chi connectivity index (χ1) is 9.45. The fourth-order valence-corrected chi connectivity index (χ4v) is 3.04. The number of para-hydroxylation sites is 1. The van der Waals surface area contributed by atoms with Crippen LogP contribution in [0, 0.1) is 5.92 Å². The van der Waals surface area contributed by atoms with Crippen molar-refractivity contribution in [3.05, 3.63) is 29.8 Å². The van der Waals surface area contributed by atoms with Gasteiger partial charge in [-0.15, -0.1) is 0 Å². The van der Waals surface area contributed by atoms with Gasteiger partial charge in [-0.25, -0.2) is 0 Å². The topological polar surface area (TPSA) is 49.4 Å². The lowest BCUT2D eigenvalue weighted by molar-refractivity contribution is -0.125. The Morgan fingerprint density at radius 2 is 1.90 bits per heavy atom. The normalized spacial score (nSPS) is 26.3. The summed E-state index contributed by atoms with van der Waals surface area (Å²) in [5.41, 5.74) is 0.522. The monoisotopic (exact) mass is 272 g/mol. The number of nitrogens with one attached hydrogen (secondary N) is 1. The average Bonchev–Trinajstić information content (AvgIpc) is 3.22. The van der Waals surface area contributed by atoms with Crippen LogP contribution in [0.25, 0.3) is 0 Å². The Labute approximate surface area is 119 Å². The summed E-state index contributed by atoms with van der Waals surface area (Å²) in [5.74, 6) is 0.120. The van der Waals surface area contributed by atoms with Gasteiger partial charge < -0.3 is 10.2 Å². The number of benzene rings is 1. The van der Waals surface area contributed by atoms with Crippen LogP contribution in [0.15, 0.2) is 24.3 Å². The van der Waals surface area contributed by atoms with E-state index in [1.54, 1.807) is 11.0 Å². The summed E-state index contributed by atoms with van der Waals surface area (Å²) in [7, 11) is 0. The maximum atomic E-state index is 13.0. The van der Waals surface area contributed by atoms with Crippen LogP contribution in [0.1, 0.15) is 44.0 Å². The van der Waals surface area contributed by atoms with Crippen molar-refractivity contribution in [1.29, 1.82) is 0 Å². The van der Waals surface area contributed by atoms with Crippen LogP contribution in [0.5, 0.6) is 0 Å². The minimum atomic E-state index is -0.777. The lowest BCUT2D eigenvalue weighted by atomic mass is 9.93. The Morgan fingerprint density at radius 3 is 2.50 bits per heavy atom. The first-order valence-electron chi connectivity index (χ1n) is 7.20. The molecule has 1 atom stereocenters. The molecule has 1 aromatic rings. The number of anilines is 1. The van der Waals surface area contributed by atoms with E-state index in [1.807, 2.05) is 39.0 Å². The highest BCUT2D eigenvalue weighted by atomic mass is 16.2. The molecule has 1 unspecified atom stereocenters. The lowest BCUT2D eigenvalue weighted by Gasteiger charge is -2.34. The third kappa shape index (κ3) is 1.82. The molecule has 20 heavy (non-hydrogen) atoms. The van der Waals surface area contributed by atoms with E-state index in [4.69, 9.17) is 0 Å². The zero-order chi connectivity index (χ0) is 14.5. The van der Waals surface area contributed by atoms with Gasteiger partial charge in [0.25, 0.3) is 11.8 Å². The van der Waals surface area contributed by atoms with E-state index < -0.39 is 5.54 Å². The van der Waals surface area contributed by atoms with Gasteiger partial charge in [-0.05, 0) is 51.7 Å². The Morgan fingerprint density at radius 1 is 1.25 bits per heavy atom.